The molecule has 0 spiro atoms. The molecule has 2 bridgehead atoms. The van der Waals surface area contributed by atoms with Gasteiger partial charge in [0, 0.05) is 18.6 Å². The summed E-state index contributed by atoms with van der Waals surface area (Å²) in [5, 5.41) is 3.47. The van der Waals surface area contributed by atoms with Gasteiger partial charge in [-0.1, -0.05) is 0 Å². The van der Waals surface area contributed by atoms with E-state index in [4.69, 9.17) is 0 Å². The van der Waals surface area contributed by atoms with E-state index in [0.29, 0.717) is 0 Å². The Morgan fingerprint density at radius 3 is 2.50 bits per heavy atom. The van der Waals surface area contributed by atoms with Gasteiger partial charge in [0.1, 0.15) is 0 Å². The van der Waals surface area contributed by atoms with Gasteiger partial charge in [-0.05, 0) is 32.9 Å². The summed E-state index contributed by atoms with van der Waals surface area (Å²) in [6.45, 7) is 2.44. The van der Waals surface area contributed by atoms with E-state index in [1.165, 1.54) is 32.4 Å². The average molecular weight is 213 g/mol. The molecule has 2 aliphatic rings. The van der Waals surface area contributed by atoms with E-state index in [1.54, 1.807) is 0 Å². The van der Waals surface area contributed by atoms with Crippen LogP contribution in [0.5, 0.6) is 0 Å². The fourth-order valence-electron chi connectivity index (χ4n) is 2.22. The van der Waals surface area contributed by atoms with Gasteiger partial charge < -0.3 is 5.32 Å². The molecule has 2 atom stereocenters. The minimum absolute atomic E-state index is 0. The van der Waals surface area contributed by atoms with E-state index in [1.807, 2.05) is 0 Å². The van der Waals surface area contributed by atoms with Crippen LogP contribution in [0, 0.1) is 0 Å². The molecule has 0 saturated carbocycles. The van der Waals surface area contributed by atoms with E-state index in [9.17, 15) is 0 Å². The minimum atomic E-state index is 0. The maximum atomic E-state index is 3.47. The number of rotatable bonds is 0. The molecule has 12 heavy (non-hydrogen) atoms. The molecule has 0 amide bonds. The normalized spacial score (nSPS) is 34.8. The number of fused-ring (bicyclic) bond motifs is 2. The van der Waals surface area contributed by atoms with Gasteiger partial charge in [-0.15, -0.1) is 24.8 Å². The summed E-state index contributed by atoms with van der Waals surface area (Å²) in [6.07, 6.45) is 4.20. The zero-order valence-electron chi connectivity index (χ0n) is 7.45. The van der Waals surface area contributed by atoms with Crippen molar-refractivity contribution in [2.75, 3.05) is 20.1 Å². The summed E-state index contributed by atoms with van der Waals surface area (Å²) in [4.78, 5) is 2.56. The molecule has 0 aromatic rings. The van der Waals surface area contributed by atoms with Crippen molar-refractivity contribution >= 4 is 24.8 Å². The molecule has 2 nitrogen and oxygen atoms in total. The molecule has 2 fully saturated rings. The Morgan fingerprint density at radius 1 is 1.08 bits per heavy atom. The number of halogens is 2. The molecule has 0 aliphatic carbocycles. The van der Waals surface area contributed by atoms with Gasteiger partial charge in [-0.3, -0.25) is 4.90 Å². The van der Waals surface area contributed by atoms with Crippen molar-refractivity contribution in [2.45, 2.75) is 31.3 Å². The molecule has 2 rings (SSSR count). The van der Waals surface area contributed by atoms with Crippen LogP contribution in [0.2, 0.25) is 0 Å². The Kier molecular flexibility index (Phi) is 5.50. The van der Waals surface area contributed by atoms with Gasteiger partial charge in [0.25, 0.3) is 0 Å². The second-order valence-corrected chi connectivity index (χ2v) is 3.54. The predicted molar refractivity (Wildman–Crippen MR) is 56.6 cm³/mol. The second kappa shape index (κ2) is 5.28. The molecule has 0 aromatic carbocycles. The lowest BCUT2D eigenvalue weighted by Gasteiger charge is -2.21. The number of nitrogens with one attached hydrogen (secondary N) is 1. The molecule has 2 heterocycles. The number of hydrogen-bond acceptors (Lipinski definition) is 2. The van der Waals surface area contributed by atoms with Crippen LogP contribution in [0.3, 0.4) is 0 Å². The van der Waals surface area contributed by atoms with Crippen LogP contribution in [0.15, 0.2) is 0 Å². The van der Waals surface area contributed by atoms with E-state index >= 15 is 0 Å². The molecule has 0 unspecified atom stereocenters. The fourth-order valence-corrected chi connectivity index (χ4v) is 2.22. The Labute approximate surface area is 86.9 Å². The quantitative estimate of drug-likeness (QED) is 0.652. The fraction of sp³-hybridized carbons (Fsp3) is 1.00. The van der Waals surface area contributed by atoms with Crippen molar-refractivity contribution in [3.63, 3.8) is 0 Å². The number of likely N-dealkylation sites (N-methyl/N-ethyl adjacent to an activating group) is 1. The third-order valence-electron chi connectivity index (χ3n) is 3.02. The highest BCUT2D eigenvalue weighted by atomic mass is 35.5. The molecule has 0 radical (unpaired) electrons. The minimum Gasteiger partial charge on any atom is -0.315 e. The van der Waals surface area contributed by atoms with Gasteiger partial charge in [-0.2, -0.15) is 0 Å². The van der Waals surface area contributed by atoms with Crippen molar-refractivity contribution in [2.24, 2.45) is 0 Å². The lowest BCUT2D eigenvalue weighted by molar-refractivity contribution is 0.253. The lowest BCUT2D eigenvalue weighted by Crippen LogP contribution is -2.34. The first-order valence-corrected chi connectivity index (χ1v) is 4.30. The molecule has 1 N–H and O–H groups in total. The number of nitrogens with zero attached hydrogens (tertiary/aromatic N) is 1. The van der Waals surface area contributed by atoms with Crippen LogP contribution in [-0.2, 0) is 0 Å². The van der Waals surface area contributed by atoms with Gasteiger partial charge in [0.2, 0.25) is 0 Å². The standard InChI is InChI=1S/C8H16N2.2ClH/c1-10-7-2-3-8(10)6-9-5-4-7;;/h7-9H,2-6H2,1H3;2*1H/t7-,8+;;/m0../s1. The van der Waals surface area contributed by atoms with E-state index in [2.05, 4.69) is 17.3 Å². The van der Waals surface area contributed by atoms with Crippen molar-refractivity contribution < 1.29 is 0 Å². The van der Waals surface area contributed by atoms with Gasteiger partial charge >= 0.3 is 0 Å². The third kappa shape index (κ3) is 2.25. The highest BCUT2D eigenvalue weighted by Crippen LogP contribution is 2.25. The molecule has 74 valence electrons. The monoisotopic (exact) mass is 212 g/mol. The smallest absolute Gasteiger partial charge is 0.0221 e. The first-order valence-electron chi connectivity index (χ1n) is 4.30. The van der Waals surface area contributed by atoms with E-state index in [-0.39, 0.29) is 24.8 Å². The third-order valence-corrected chi connectivity index (χ3v) is 3.02. The second-order valence-electron chi connectivity index (χ2n) is 3.54. The lowest BCUT2D eigenvalue weighted by atomic mass is 10.1. The highest BCUT2D eigenvalue weighted by molar-refractivity contribution is 5.85. The summed E-state index contributed by atoms with van der Waals surface area (Å²) in [5.74, 6) is 0. The zero-order valence-corrected chi connectivity index (χ0v) is 9.09. The average Bonchev–Trinajstić information content (AvgIpc) is 2.06. The van der Waals surface area contributed by atoms with Crippen LogP contribution >= 0.6 is 24.8 Å². The van der Waals surface area contributed by atoms with Crippen LogP contribution in [0.4, 0.5) is 0 Å². The molecule has 0 aromatic heterocycles. The molecular formula is C8H18Cl2N2. The SMILES string of the molecule is CN1[C@@H]2CCNC[C@H]1CC2.Cl.Cl. The molecule has 2 aliphatic heterocycles. The Morgan fingerprint density at radius 2 is 1.75 bits per heavy atom. The van der Waals surface area contributed by atoms with Crippen LogP contribution in [-0.4, -0.2) is 37.1 Å². The van der Waals surface area contributed by atoms with Gasteiger partial charge in [0.15, 0.2) is 0 Å². The summed E-state index contributed by atoms with van der Waals surface area (Å²) < 4.78 is 0. The Bertz CT molecular complexity index is 118. The molecule has 4 heteroatoms. The highest BCUT2D eigenvalue weighted by Gasteiger charge is 2.31. The van der Waals surface area contributed by atoms with Crippen molar-refractivity contribution in [1.82, 2.24) is 10.2 Å². The van der Waals surface area contributed by atoms with Gasteiger partial charge in [0.05, 0.1) is 0 Å². The predicted octanol–water partition coefficient (Wildman–Crippen LogP) is 1.29. The largest absolute Gasteiger partial charge is 0.315 e. The maximum absolute atomic E-state index is 3.47. The topological polar surface area (TPSA) is 15.3 Å². The summed E-state index contributed by atoms with van der Waals surface area (Å²) in [6, 6.07) is 1.73. The van der Waals surface area contributed by atoms with E-state index in [0.717, 1.165) is 12.1 Å². The summed E-state index contributed by atoms with van der Waals surface area (Å²) in [5.41, 5.74) is 0. The van der Waals surface area contributed by atoms with Crippen LogP contribution < -0.4 is 5.32 Å². The van der Waals surface area contributed by atoms with Crippen molar-refractivity contribution in [3.05, 3.63) is 0 Å². The Hall–Kier alpha value is 0.500. The van der Waals surface area contributed by atoms with Gasteiger partial charge in [-0.25, -0.2) is 0 Å². The summed E-state index contributed by atoms with van der Waals surface area (Å²) >= 11 is 0. The van der Waals surface area contributed by atoms with E-state index < -0.39 is 0 Å². The maximum Gasteiger partial charge on any atom is 0.0221 e. The van der Waals surface area contributed by atoms with Crippen LogP contribution in [0.25, 0.3) is 0 Å². The Balaban J connectivity index is 0.000000605. The van der Waals surface area contributed by atoms with Crippen molar-refractivity contribution in [3.8, 4) is 0 Å². The summed E-state index contributed by atoms with van der Waals surface area (Å²) in [7, 11) is 2.27. The zero-order chi connectivity index (χ0) is 6.97. The number of hydrogen-bond donors (Lipinski definition) is 1. The van der Waals surface area contributed by atoms with Crippen molar-refractivity contribution in [1.29, 1.82) is 0 Å². The first kappa shape index (κ1) is 12.5. The van der Waals surface area contributed by atoms with Crippen LogP contribution in [0.1, 0.15) is 19.3 Å². The first-order chi connectivity index (χ1) is 4.88. The molecule has 2 saturated heterocycles. The molecular weight excluding hydrogens is 195 g/mol.